The number of nitrogens with one attached hydrogen (secondary N) is 1. The number of hydrogen-bond donors (Lipinski definition) is 1. The van der Waals surface area contributed by atoms with Crippen LogP contribution in [0.5, 0.6) is 5.75 Å². The minimum Gasteiger partial charge on any atom is -0.483 e. The van der Waals surface area contributed by atoms with Crippen molar-refractivity contribution in [2.24, 2.45) is 5.92 Å². The molecule has 0 aromatic heterocycles. The van der Waals surface area contributed by atoms with Crippen LogP contribution in [0.1, 0.15) is 58.2 Å². The van der Waals surface area contributed by atoms with E-state index in [4.69, 9.17) is 4.74 Å². The van der Waals surface area contributed by atoms with Crippen LogP contribution >= 0.6 is 15.9 Å². The smallest absolute Gasteiger partial charge is 0.261 e. The van der Waals surface area contributed by atoms with Gasteiger partial charge in [0.25, 0.3) is 5.91 Å². The van der Waals surface area contributed by atoms with E-state index in [-0.39, 0.29) is 23.8 Å². The zero-order valence-corrected chi connectivity index (χ0v) is 22.5. The van der Waals surface area contributed by atoms with E-state index in [1.54, 1.807) is 11.8 Å². The molecular formula is C27H37BrN2O3. The lowest BCUT2D eigenvalue weighted by Gasteiger charge is -2.29. The van der Waals surface area contributed by atoms with Gasteiger partial charge in [-0.05, 0) is 64.4 Å². The molecule has 0 saturated heterocycles. The minimum absolute atomic E-state index is 0.0144. The van der Waals surface area contributed by atoms with Gasteiger partial charge in [-0.3, -0.25) is 9.59 Å². The largest absolute Gasteiger partial charge is 0.483 e. The fourth-order valence-electron chi connectivity index (χ4n) is 3.23. The van der Waals surface area contributed by atoms with Crippen molar-refractivity contribution in [3.05, 3.63) is 63.6 Å². The first-order valence-corrected chi connectivity index (χ1v) is 12.2. The van der Waals surface area contributed by atoms with Gasteiger partial charge in [0, 0.05) is 13.1 Å². The molecule has 2 rings (SSSR count). The summed E-state index contributed by atoms with van der Waals surface area (Å²) in [6, 6.07) is 13.3. The summed E-state index contributed by atoms with van der Waals surface area (Å²) < 4.78 is 6.66. The third-order valence-electron chi connectivity index (χ3n) is 5.47. The highest BCUT2D eigenvalue weighted by Crippen LogP contribution is 2.31. The van der Waals surface area contributed by atoms with Crippen molar-refractivity contribution in [3.8, 4) is 5.75 Å². The molecule has 1 atom stereocenters. The number of halogens is 1. The number of amides is 2. The average Bonchev–Trinajstić information content (AvgIpc) is 2.74. The van der Waals surface area contributed by atoms with Gasteiger partial charge in [-0.1, -0.05) is 70.5 Å². The van der Waals surface area contributed by atoms with E-state index in [2.05, 4.69) is 42.0 Å². The first-order valence-electron chi connectivity index (χ1n) is 11.4. The van der Waals surface area contributed by atoms with Gasteiger partial charge in [-0.25, -0.2) is 0 Å². The van der Waals surface area contributed by atoms with E-state index in [0.717, 1.165) is 15.6 Å². The maximum atomic E-state index is 13.2. The molecule has 0 saturated carbocycles. The van der Waals surface area contributed by atoms with Gasteiger partial charge >= 0.3 is 0 Å². The van der Waals surface area contributed by atoms with E-state index in [0.29, 0.717) is 24.8 Å². The first-order chi connectivity index (χ1) is 15.4. The molecule has 2 aromatic rings. The lowest BCUT2D eigenvalue weighted by molar-refractivity contribution is -0.142. The Hall–Kier alpha value is -2.34. The molecule has 0 aliphatic heterocycles. The summed E-state index contributed by atoms with van der Waals surface area (Å²) in [5.74, 6) is 0.525. The Morgan fingerprint density at radius 2 is 1.70 bits per heavy atom. The van der Waals surface area contributed by atoms with Crippen molar-refractivity contribution in [2.75, 3.05) is 13.2 Å². The highest BCUT2D eigenvalue weighted by Gasteiger charge is 2.27. The van der Waals surface area contributed by atoms with Crippen molar-refractivity contribution in [1.29, 1.82) is 0 Å². The summed E-state index contributed by atoms with van der Waals surface area (Å²) in [5.41, 5.74) is 3.30. The van der Waals surface area contributed by atoms with E-state index in [9.17, 15) is 9.59 Å². The Morgan fingerprint density at radius 1 is 1.06 bits per heavy atom. The second kappa shape index (κ2) is 11.7. The molecule has 0 spiro atoms. The van der Waals surface area contributed by atoms with Gasteiger partial charge in [0.05, 0.1) is 4.47 Å². The molecule has 2 amide bonds. The average molecular weight is 518 g/mol. The van der Waals surface area contributed by atoms with Crippen LogP contribution in [-0.2, 0) is 21.5 Å². The Kier molecular flexibility index (Phi) is 9.53. The normalized spacial score (nSPS) is 12.4. The van der Waals surface area contributed by atoms with Crippen molar-refractivity contribution in [2.45, 2.75) is 66.5 Å². The van der Waals surface area contributed by atoms with Gasteiger partial charge in [0.2, 0.25) is 5.91 Å². The predicted molar refractivity (Wildman–Crippen MR) is 137 cm³/mol. The zero-order chi connectivity index (χ0) is 24.8. The maximum Gasteiger partial charge on any atom is 0.261 e. The van der Waals surface area contributed by atoms with Crippen LogP contribution in [0.15, 0.2) is 46.9 Å². The molecule has 0 aliphatic carbocycles. The molecule has 6 heteroatoms. The van der Waals surface area contributed by atoms with Crippen LogP contribution in [-0.4, -0.2) is 35.9 Å². The van der Waals surface area contributed by atoms with E-state index < -0.39 is 6.04 Å². The summed E-state index contributed by atoms with van der Waals surface area (Å²) in [6.07, 6.45) is 0. The molecule has 5 nitrogen and oxygen atoms in total. The fourth-order valence-corrected chi connectivity index (χ4v) is 3.73. The molecule has 1 N–H and O–H groups in total. The predicted octanol–water partition coefficient (Wildman–Crippen LogP) is 5.62. The van der Waals surface area contributed by atoms with Crippen molar-refractivity contribution in [1.82, 2.24) is 10.2 Å². The van der Waals surface area contributed by atoms with Gasteiger partial charge in [-0.15, -0.1) is 0 Å². The quantitative estimate of drug-likeness (QED) is 0.470. The Bertz CT molecular complexity index is 949. The van der Waals surface area contributed by atoms with Gasteiger partial charge in [0.1, 0.15) is 11.8 Å². The summed E-state index contributed by atoms with van der Waals surface area (Å²) >= 11 is 3.56. The summed E-state index contributed by atoms with van der Waals surface area (Å²) in [6.45, 7) is 15.0. The van der Waals surface area contributed by atoms with Gasteiger partial charge < -0.3 is 15.0 Å². The third-order valence-corrected chi connectivity index (χ3v) is 6.09. The number of hydrogen-bond acceptors (Lipinski definition) is 3. The maximum absolute atomic E-state index is 13.2. The van der Waals surface area contributed by atoms with Crippen LogP contribution in [0.2, 0.25) is 0 Å². The van der Waals surface area contributed by atoms with Crippen molar-refractivity contribution < 1.29 is 14.3 Å². The summed E-state index contributed by atoms with van der Waals surface area (Å²) in [5, 5.41) is 2.93. The van der Waals surface area contributed by atoms with E-state index in [1.807, 2.05) is 63.2 Å². The van der Waals surface area contributed by atoms with Gasteiger partial charge in [0.15, 0.2) is 6.61 Å². The molecule has 0 bridgehead atoms. The monoisotopic (exact) mass is 516 g/mol. The lowest BCUT2D eigenvalue weighted by atomic mass is 9.87. The van der Waals surface area contributed by atoms with Crippen LogP contribution in [0.3, 0.4) is 0 Å². The molecule has 180 valence electrons. The van der Waals surface area contributed by atoms with E-state index >= 15 is 0 Å². The first kappa shape index (κ1) is 26.9. The summed E-state index contributed by atoms with van der Waals surface area (Å²) in [4.78, 5) is 27.5. The highest BCUT2D eigenvalue weighted by molar-refractivity contribution is 9.10. The van der Waals surface area contributed by atoms with Crippen LogP contribution in [0.4, 0.5) is 0 Å². The standard InChI is InChI=1S/C27H37BrN2O3/c1-18(2)15-29-26(32)20(4)30(16-21-10-8-19(3)9-11-21)25(31)17-33-24-13-12-22(14-23(24)28)27(5,6)7/h8-14,18,20H,15-17H2,1-7H3,(H,29,32). The molecule has 0 heterocycles. The number of rotatable bonds is 9. The number of carbonyl (C=O) groups is 2. The number of aryl methyl sites for hydroxylation is 1. The van der Waals surface area contributed by atoms with Crippen molar-refractivity contribution in [3.63, 3.8) is 0 Å². The Morgan fingerprint density at radius 3 is 2.24 bits per heavy atom. The SMILES string of the molecule is Cc1ccc(CN(C(=O)COc2ccc(C(C)(C)C)cc2Br)C(C)C(=O)NCC(C)C)cc1. The molecule has 0 aliphatic rings. The van der Waals surface area contributed by atoms with Crippen LogP contribution in [0.25, 0.3) is 0 Å². The number of carbonyl (C=O) groups excluding carboxylic acids is 2. The Labute approximate surface area is 207 Å². The van der Waals surface area contributed by atoms with Crippen LogP contribution < -0.4 is 10.1 Å². The Balaban J connectivity index is 2.16. The molecule has 0 radical (unpaired) electrons. The molecule has 2 aromatic carbocycles. The van der Waals surface area contributed by atoms with E-state index in [1.165, 1.54) is 5.56 Å². The second-order valence-electron chi connectivity index (χ2n) is 10.0. The molecular weight excluding hydrogens is 480 g/mol. The van der Waals surface area contributed by atoms with Gasteiger partial charge in [-0.2, -0.15) is 0 Å². The number of benzene rings is 2. The molecule has 33 heavy (non-hydrogen) atoms. The van der Waals surface area contributed by atoms with Crippen LogP contribution in [0, 0.1) is 12.8 Å². The second-order valence-corrected chi connectivity index (χ2v) is 10.9. The fraction of sp³-hybridized carbons (Fsp3) is 0.481. The lowest BCUT2D eigenvalue weighted by Crippen LogP contribution is -2.49. The number of ether oxygens (including phenoxy) is 1. The molecule has 1 unspecified atom stereocenters. The summed E-state index contributed by atoms with van der Waals surface area (Å²) in [7, 11) is 0. The minimum atomic E-state index is -0.618. The topological polar surface area (TPSA) is 58.6 Å². The number of nitrogens with zero attached hydrogens (tertiary/aromatic N) is 1. The zero-order valence-electron chi connectivity index (χ0n) is 20.9. The van der Waals surface area contributed by atoms with Crippen molar-refractivity contribution >= 4 is 27.7 Å². The third kappa shape index (κ3) is 8.18. The highest BCUT2D eigenvalue weighted by atomic mass is 79.9. The molecule has 0 fully saturated rings.